The zero-order chi connectivity index (χ0) is 25.0. The molecule has 1 unspecified atom stereocenters. The average Bonchev–Trinajstić information content (AvgIpc) is 3.59. The zero-order valence-electron chi connectivity index (χ0n) is 19.6. The van der Waals surface area contributed by atoms with Gasteiger partial charge in [0.15, 0.2) is 0 Å². The zero-order valence-corrected chi connectivity index (χ0v) is 22.1. The molecule has 2 aromatic heterocycles. The van der Waals surface area contributed by atoms with Crippen molar-refractivity contribution in [1.82, 2.24) is 4.98 Å². The van der Waals surface area contributed by atoms with Crippen LogP contribution >= 0.6 is 23.1 Å². The maximum atomic E-state index is 13.3. The lowest BCUT2D eigenvalue weighted by Gasteiger charge is -2.20. The van der Waals surface area contributed by atoms with Crippen LogP contribution in [0.2, 0.25) is 0 Å². The highest BCUT2D eigenvalue weighted by molar-refractivity contribution is 8.15. The predicted octanol–water partition coefficient (Wildman–Crippen LogP) is 3.89. The molecule has 0 fully saturated rings. The van der Waals surface area contributed by atoms with Gasteiger partial charge in [0.25, 0.3) is 10.0 Å². The van der Waals surface area contributed by atoms with Gasteiger partial charge >= 0.3 is 5.97 Å². The van der Waals surface area contributed by atoms with Crippen LogP contribution in [0, 0.1) is 0 Å². The number of rotatable bonds is 11. The van der Waals surface area contributed by atoms with Gasteiger partial charge < -0.3 is 19.2 Å². The summed E-state index contributed by atoms with van der Waals surface area (Å²) in [6.07, 6.45) is 0.288. The number of hydrogen-bond donors (Lipinski definition) is 1. The largest absolute Gasteiger partial charge is 0.491 e. The Morgan fingerprint density at radius 3 is 2.83 bits per heavy atom. The first-order valence-electron chi connectivity index (χ1n) is 11.0. The van der Waals surface area contributed by atoms with Gasteiger partial charge in [-0.25, -0.2) is 8.42 Å². The van der Waals surface area contributed by atoms with Gasteiger partial charge in [-0.15, -0.1) is 11.3 Å². The highest BCUT2D eigenvalue weighted by Crippen LogP contribution is 2.37. The number of fused-ring (bicyclic) bond motifs is 1. The van der Waals surface area contributed by atoms with Gasteiger partial charge in [0.1, 0.15) is 21.6 Å². The van der Waals surface area contributed by atoms with Crippen molar-refractivity contribution >= 4 is 60.7 Å². The van der Waals surface area contributed by atoms with Crippen molar-refractivity contribution in [2.75, 3.05) is 44.8 Å². The third-order valence-corrected chi connectivity index (χ3v) is 9.70. The van der Waals surface area contributed by atoms with Crippen LogP contribution in [0.5, 0.6) is 5.75 Å². The van der Waals surface area contributed by atoms with Crippen molar-refractivity contribution in [3.05, 3.63) is 41.4 Å². The molecule has 0 saturated heterocycles. The first-order chi connectivity index (χ1) is 16.8. The Kier molecular flexibility index (Phi) is 8.05. The van der Waals surface area contributed by atoms with E-state index in [1.165, 1.54) is 34.5 Å². The van der Waals surface area contributed by atoms with E-state index in [4.69, 9.17) is 14.2 Å². The van der Waals surface area contributed by atoms with Crippen LogP contribution in [0.3, 0.4) is 0 Å². The Hall–Kier alpha value is -2.54. The van der Waals surface area contributed by atoms with Crippen molar-refractivity contribution in [3.8, 4) is 5.75 Å². The highest BCUT2D eigenvalue weighted by atomic mass is 32.2. The van der Waals surface area contributed by atoms with Crippen molar-refractivity contribution in [2.45, 2.75) is 22.8 Å². The molecule has 9 nitrogen and oxygen atoms in total. The van der Waals surface area contributed by atoms with Crippen molar-refractivity contribution in [3.63, 3.8) is 0 Å². The molecule has 188 valence electrons. The van der Waals surface area contributed by atoms with Crippen molar-refractivity contribution < 1.29 is 27.4 Å². The van der Waals surface area contributed by atoms with Gasteiger partial charge in [-0.05, 0) is 30.5 Å². The van der Waals surface area contributed by atoms with Gasteiger partial charge in [-0.2, -0.15) is 0 Å². The SMILES string of the molecule is CCOC(=O)CC1CN=C(c2cc3cc(OCCOC)cc(N(C)S(=O)(=O)c4cccs4)c3[nH]2)S1. The van der Waals surface area contributed by atoms with E-state index < -0.39 is 10.0 Å². The van der Waals surface area contributed by atoms with Gasteiger partial charge in [-0.3, -0.25) is 14.1 Å². The normalized spacial score (nSPS) is 15.9. The summed E-state index contributed by atoms with van der Waals surface area (Å²) in [5.41, 5.74) is 1.87. The van der Waals surface area contributed by atoms with E-state index >= 15 is 0 Å². The summed E-state index contributed by atoms with van der Waals surface area (Å²) in [6.45, 7) is 3.39. The topological polar surface area (TPSA) is 110 Å². The lowest BCUT2D eigenvalue weighted by atomic mass is 10.2. The summed E-state index contributed by atoms with van der Waals surface area (Å²) in [5, 5.41) is 3.29. The van der Waals surface area contributed by atoms with Crippen LogP contribution in [0.15, 0.2) is 44.9 Å². The van der Waals surface area contributed by atoms with Crippen molar-refractivity contribution in [2.24, 2.45) is 4.99 Å². The van der Waals surface area contributed by atoms with Crippen LogP contribution < -0.4 is 9.04 Å². The van der Waals surface area contributed by atoms with E-state index in [-0.39, 0.29) is 21.8 Å². The minimum atomic E-state index is -3.75. The Morgan fingerprint density at radius 2 is 2.11 bits per heavy atom. The van der Waals surface area contributed by atoms with Crippen LogP contribution in [0.1, 0.15) is 19.0 Å². The number of anilines is 1. The number of esters is 1. The minimum Gasteiger partial charge on any atom is -0.491 e. The molecule has 1 aliphatic rings. The molecule has 1 atom stereocenters. The summed E-state index contributed by atoms with van der Waals surface area (Å²) >= 11 is 2.68. The Morgan fingerprint density at radius 1 is 1.29 bits per heavy atom. The van der Waals surface area contributed by atoms with Gasteiger partial charge in [-0.1, -0.05) is 17.8 Å². The molecule has 12 heteroatoms. The summed E-state index contributed by atoms with van der Waals surface area (Å²) in [7, 11) is -0.636. The number of carbonyl (C=O) groups is 1. The second kappa shape index (κ2) is 11.0. The molecular formula is C23H27N3O6S3. The van der Waals surface area contributed by atoms with E-state index in [9.17, 15) is 13.2 Å². The molecule has 3 aromatic rings. The lowest BCUT2D eigenvalue weighted by Crippen LogP contribution is -2.26. The number of thiophene rings is 1. The maximum absolute atomic E-state index is 13.3. The van der Waals surface area contributed by atoms with Crippen LogP contribution in [0.4, 0.5) is 5.69 Å². The van der Waals surface area contributed by atoms with Crippen molar-refractivity contribution in [1.29, 1.82) is 0 Å². The second-order valence-corrected chi connectivity index (χ2v) is 12.2. The fourth-order valence-corrected chi connectivity index (χ4v) is 7.07. The number of H-pyrrole nitrogens is 1. The Balaban J connectivity index is 1.67. The molecule has 0 spiro atoms. The number of carbonyl (C=O) groups excluding carboxylic acids is 1. The smallest absolute Gasteiger partial charge is 0.306 e. The lowest BCUT2D eigenvalue weighted by molar-refractivity contribution is -0.143. The Labute approximate surface area is 212 Å². The number of sulfonamides is 1. The first-order valence-corrected chi connectivity index (χ1v) is 14.2. The molecule has 3 heterocycles. The fourth-order valence-electron chi connectivity index (χ4n) is 3.64. The molecule has 1 N–H and O–H groups in total. The van der Waals surface area contributed by atoms with Gasteiger partial charge in [0.2, 0.25) is 0 Å². The van der Waals surface area contributed by atoms with Gasteiger partial charge in [0.05, 0.1) is 43.1 Å². The molecule has 0 aliphatic carbocycles. The minimum absolute atomic E-state index is 0.00440. The number of thioether (sulfide) groups is 1. The maximum Gasteiger partial charge on any atom is 0.306 e. The average molecular weight is 538 g/mol. The number of nitrogens with one attached hydrogen (secondary N) is 1. The summed E-state index contributed by atoms with van der Waals surface area (Å²) in [5.74, 6) is 0.295. The summed E-state index contributed by atoms with van der Waals surface area (Å²) < 4.78 is 44.0. The number of benzene rings is 1. The predicted molar refractivity (Wildman–Crippen MR) is 140 cm³/mol. The quantitative estimate of drug-likeness (QED) is 0.292. The standard InChI is InChI=1S/C23H27N3O6S3/c1-4-31-20(27)13-17-14-24-23(34-17)18-11-15-10-16(32-8-7-30-3)12-19(22(15)25-18)26(2)35(28,29)21-6-5-9-33-21/h5-6,9-12,17,25H,4,7-8,13-14H2,1-3H3. The number of nitrogens with zero attached hydrogens (tertiary/aromatic N) is 2. The number of ether oxygens (including phenoxy) is 3. The second-order valence-electron chi connectivity index (χ2n) is 7.73. The molecule has 35 heavy (non-hydrogen) atoms. The molecule has 1 aromatic carbocycles. The number of aromatic amines is 1. The monoisotopic (exact) mass is 537 g/mol. The summed E-state index contributed by atoms with van der Waals surface area (Å²) in [6, 6.07) is 8.78. The first kappa shape index (κ1) is 25.5. The van der Waals surface area contributed by atoms with E-state index in [1.54, 1.807) is 37.6 Å². The molecule has 0 saturated carbocycles. The summed E-state index contributed by atoms with van der Waals surface area (Å²) in [4.78, 5) is 19.8. The number of methoxy groups -OCH3 is 1. The van der Waals surface area contributed by atoms with E-state index in [0.29, 0.717) is 43.3 Å². The van der Waals surface area contributed by atoms with Gasteiger partial charge in [0, 0.05) is 30.9 Å². The number of aromatic nitrogens is 1. The van der Waals surface area contributed by atoms with E-state index in [0.717, 1.165) is 16.1 Å². The van der Waals surface area contributed by atoms with Crippen LogP contribution in [-0.2, 0) is 24.3 Å². The molecule has 1 aliphatic heterocycles. The van der Waals surface area contributed by atoms with E-state index in [1.807, 2.05) is 12.1 Å². The molecular weight excluding hydrogens is 510 g/mol. The highest BCUT2D eigenvalue weighted by Gasteiger charge is 2.28. The fraction of sp³-hybridized carbons (Fsp3) is 0.391. The number of aliphatic imine (C=N–C) groups is 1. The van der Waals surface area contributed by atoms with Crippen LogP contribution in [0.25, 0.3) is 10.9 Å². The molecule has 0 bridgehead atoms. The van der Waals surface area contributed by atoms with E-state index in [2.05, 4.69) is 9.98 Å². The molecule has 4 rings (SSSR count). The molecule has 0 radical (unpaired) electrons. The van der Waals surface area contributed by atoms with Crippen LogP contribution in [-0.4, -0.2) is 70.2 Å². The Bertz CT molecular complexity index is 1320. The number of hydrogen-bond acceptors (Lipinski definition) is 9. The third-order valence-electron chi connectivity index (χ3n) is 5.33. The third kappa shape index (κ3) is 5.66. The molecule has 0 amide bonds.